The van der Waals surface area contributed by atoms with E-state index in [1.807, 2.05) is 0 Å². The van der Waals surface area contributed by atoms with Crippen LogP contribution in [0.15, 0.2) is 27.6 Å². The molecule has 0 aromatic heterocycles. The maximum Gasteiger partial charge on any atom is 0.238 e. The predicted octanol–water partition coefficient (Wildman–Crippen LogP) is 0.956. The number of ether oxygens (including phenoxy) is 1. The van der Waals surface area contributed by atoms with Gasteiger partial charge in [0.05, 0.1) is 17.2 Å². The maximum absolute atomic E-state index is 12.4. The standard InChI is InChI=1S/C12H17BrN2O4S/c1-8(12(16)15-5-6-19-2)20(17,18)11-7-9(13)3-4-10(11)14/h3-4,7-8H,5-6,14H2,1-2H3,(H,15,16). The number of halogens is 1. The lowest BCUT2D eigenvalue weighted by Gasteiger charge is -2.15. The summed E-state index contributed by atoms with van der Waals surface area (Å²) < 4.78 is 30.1. The summed E-state index contributed by atoms with van der Waals surface area (Å²) in [5.41, 5.74) is 5.80. The molecule has 0 bridgehead atoms. The number of benzene rings is 1. The summed E-state index contributed by atoms with van der Waals surface area (Å²) in [5, 5.41) is 1.27. The molecule has 1 aromatic rings. The molecule has 0 heterocycles. The van der Waals surface area contributed by atoms with Crippen LogP contribution in [0.1, 0.15) is 6.92 Å². The normalized spacial score (nSPS) is 12.9. The number of hydrogen-bond donors (Lipinski definition) is 2. The molecule has 1 amide bonds. The van der Waals surface area contributed by atoms with Crippen LogP contribution in [0.4, 0.5) is 5.69 Å². The number of carbonyl (C=O) groups excluding carboxylic acids is 1. The minimum absolute atomic E-state index is 0.0544. The summed E-state index contributed by atoms with van der Waals surface area (Å²) in [6.07, 6.45) is 0. The third-order valence-corrected chi connectivity index (χ3v) is 5.33. The third-order valence-electron chi connectivity index (χ3n) is 2.72. The monoisotopic (exact) mass is 364 g/mol. The van der Waals surface area contributed by atoms with Crippen molar-refractivity contribution in [1.82, 2.24) is 5.32 Å². The number of nitrogen functional groups attached to an aromatic ring is 1. The van der Waals surface area contributed by atoms with Crippen LogP contribution in [0.5, 0.6) is 0 Å². The van der Waals surface area contributed by atoms with E-state index in [4.69, 9.17) is 10.5 Å². The van der Waals surface area contributed by atoms with Gasteiger partial charge in [0.15, 0.2) is 9.84 Å². The van der Waals surface area contributed by atoms with Gasteiger partial charge in [-0.3, -0.25) is 4.79 Å². The molecule has 1 atom stereocenters. The smallest absolute Gasteiger partial charge is 0.238 e. The molecule has 1 aromatic carbocycles. The predicted molar refractivity (Wildman–Crippen MR) is 80.1 cm³/mol. The second kappa shape index (κ2) is 7.05. The highest BCUT2D eigenvalue weighted by Gasteiger charge is 2.31. The second-order valence-electron chi connectivity index (χ2n) is 4.15. The summed E-state index contributed by atoms with van der Waals surface area (Å²) in [5.74, 6) is -0.582. The van der Waals surface area contributed by atoms with Crippen molar-refractivity contribution in [3.05, 3.63) is 22.7 Å². The first-order valence-electron chi connectivity index (χ1n) is 5.86. The molecule has 0 aliphatic rings. The minimum atomic E-state index is -3.84. The molecule has 0 saturated heterocycles. The van der Waals surface area contributed by atoms with Gasteiger partial charge in [-0.1, -0.05) is 15.9 Å². The molecule has 0 spiro atoms. The number of nitrogens with two attached hydrogens (primary N) is 1. The molecule has 8 heteroatoms. The highest BCUT2D eigenvalue weighted by atomic mass is 79.9. The van der Waals surface area contributed by atoms with Crippen molar-refractivity contribution < 1.29 is 17.9 Å². The van der Waals surface area contributed by atoms with E-state index >= 15 is 0 Å². The van der Waals surface area contributed by atoms with Crippen LogP contribution >= 0.6 is 15.9 Å². The first kappa shape index (κ1) is 16.9. The van der Waals surface area contributed by atoms with Crippen LogP contribution in [-0.4, -0.2) is 39.8 Å². The highest BCUT2D eigenvalue weighted by Crippen LogP contribution is 2.26. The zero-order valence-corrected chi connectivity index (χ0v) is 13.6. The van der Waals surface area contributed by atoms with Gasteiger partial charge >= 0.3 is 0 Å². The zero-order valence-electron chi connectivity index (χ0n) is 11.2. The fraction of sp³-hybridized carbons (Fsp3) is 0.417. The number of carbonyl (C=O) groups is 1. The molecule has 1 unspecified atom stereocenters. The highest BCUT2D eigenvalue weighted by molar-refractivity contribution is 9.10. The molecule has 20 heavy (non-hydrogen) atoms. The number of hydrogen-bond acceptors (Lipinski definition) is 5. The number of anilines is 1. The Bertz CT molecular complexity index is 589. The summed E-state index contributed by atoms with van der Waals surface area (Å²) in [4.78, 5) is 11.8. The van der Waals surface area contributed by atoms with E-state index in [1.54, 1.807) is 6.07 Å². The van der Waals surface area contributed by atoms with Gasteiger partial charge in [0.2, 0.25) is 5.91 Å². The van der Waals surface area contributed by atoms with E-state index in [2.05, 4.69) is 21.2 Å². The number of methoxy groups -OCH3 is 1. The van der Waals surface area contributed by atoms with Gasteiger partial charge < -0.3 is 15.8 Å². The largest absolute Gasteiger partial charge is 0.398 e. The van der Waals surface area contributed by atoms with Crippen molar-refractivity contribution in [2.75, 3.05) is 26.0 Å². The first-order valence-corrected chi connectivity index (χ1v) is 8.20. The van der Waals surface area contributed by atoms with Crippen LogP contribution in [0.2, 0.25) is 0 Å². The fourth-order valence-corrected chi connectivity index (χ4v) is 3.45. The summed E-state index contributed by atoms with van der Waals surface area (Å²) >= 11 is 3.19. The lowest BCUT2D eigenvalue weighted by molar-refractivity contribution is -0.120. The molecule has 3 N–H and O–H groups in total. The van der Waals surface area contributed by atoms with E-state index in [9.17, 15) is 13.2 Å². The molecule has 0 saturated carbocycles. The molecule has 112 valence electrons. The van der Waals surface area contributed by atoms with Gasteiger partial charge in [-0.05, 0) is 25.1 Å². The second-order valence-corrected chi connectivity index (χ2v) is 7.31. The zero-order chi connectivity index (χ0) is 15.3. The molecule has 0 radical (unpaired) electrons. The summed E-state index contributed by atoms with van der Waals surface area (Å²) in [6, 6.07) is 4.51. The Kier molecular flexibility index (Phi) is 5.97. The number of nitrogens with one attached hydrogen (secondary N) is 1. The van der Waals surface area contributed by atoms with E-state index in [-0.39, 0.29) is 17.1 Å². The Morgan fingerprint density at radius 3 is 2.75 bits per heavy atom. The maximum atomic E-state index is 12.4. The van der Waals surface area contributed by atoms with Crippen LogP contribution in [0, 0.1) is 0 Å². The summed E-state index contributed by atoms with van der Waals surface area (Å²) in [7, 11) is -2.34. The lowest BCUT2D eigenvalue weighted by atomic mass is 10.3. The van der Waals surface area contributed by atoms with Gasteiger partial charge in [-0.2, -0.15) is 0 Å². The van der Waals surface area contributed by atoms with Crippen molar-refractivity contribution in [3.63, 3.8) is 0 Å². The van der Waals surface area contributed by atoms with Crippen molar-refractivity contribution in [2.24, 2.45) is 0 Å². The Morgan fingerprint density at radius 2 is 2.15 bits per heavy atom. The Hall–Kier alpha value is -1.12. The first-order chi connectivity index (χ1) is 9.30. The van der Waals surface area contributed by atoms with Gasteiger partial charge in [0, 0.05) is 18.1 Å². The average Bonchev–Trinajstić information content (AvgIpc) is 2.40. The fourth-order valence-electron chi connectivity index (χ4n) is 1.51. The molecular weight excluding hydrogens is 348 g/mol. The van der Waals surface area contributed by atoms with Crippen molar-refractivity contribution in [1.29, 1.82) is 0 Å². The number of amides is 1. The van der Waals surface area contributed by atoms with Crippen LogP contribution in [-0.2, 0) is 19.4 Å². The molecule has 0 aliphatic carbocycles. The Labute approximate surface area is 126 Å². The molecule has 0 fully saturated rings. The molecule has 1 rings (SSSR count). The van der Waals surface area contributed by atoms with Crippen molar-refractivity contribution in [2.45, 2.75) is 17.1 Å². The molecular formula is C12H17BrN2O4S. The SMILES string of the molecule is COCCNC(=O)C(C)S(=O)(=O)c1cc(Br)ccc1N. The Balaban J connectivity index is 2.98. The van der Waals surface area contributed by atoms with E-state index < -0.39 is 21.0 Å². The van der Waals surface area contributed by atoms with E-state index in [1.165, 1.54) is 26.2 Å². The van der Waals surface area contributed by atoms with Gasteiger partial charge in [-0.25, -0.2) is 8.42 Å². The number of rotatable bonds is 6. The van der Waals surface area contributed by atoms with Crippen molar-refractivity contribution in [3.8, 4) is 0 Å². The van der Waals surface area contributed by atoms with Gasteiger partial charge in [0.25, 0.3) is 0 Å². The van der Waals surface area contributed by atoms with E-state index in [0.29, 0.717) is 11.1 Å². The molecule has 0 aliphatic heterocycles. The van der Waals surface area contributed by atoms with Crippen LogP contribution < -0.4 is 11.1 Å². The summed E-state index contributed by atoms with van der Waals surface area (Å²) in [6.45, 7) is 1.90. The Morgan fingerprint density at radius 1 is 1.50 bits per heavy atom. The lowest BCUT2D eigenvalue weighted by Crippen LogP contribution is -2.39. The molecule has 6 nitrogen and oxygen atoms in total. The van der Waals surface area contributed by atoms with Gasteiger partial charge in [-0.15, -0.1) is 0 Å². The van der Waals surface area contributed by atoms with Crippen molar-refractivity contribution >= 4 is 37.4 Å². The minimum Gasteiger partial charge on any atom is -0.398 e. The quantitative estimate of drug-likeness (QED) is 0.578. The van der Waals surface area contributed by atoms with Crippen LogP contribution in [0.3, 0.4) is 0 Å². The van der Waals surface area contributed by atoms with E-state index in [0.717, 1.165) is 0 Å². The van der Waals surface area contributed by atoms with Crippen LogP contribution in [0.25, 0.3) is 0 Å². The topological polar surface area (TPSA) is 98.5 Å². The van der Waals surface area contributed by atoms with Gasteiger partial charge in [0.1, 0.15) is 5.25 Å². The number of sulfone groups is 1. The average molecular weight is 365 g/mol. The third kappa shape index (κ3) is 3.94.